The van der Waals surface area contributed by atoms with Crippen LogP contribution in [0.5, 0.6) is 5.75 Å². The van der Waals surface area contributed by atoms with Gasteiger partial charge in [0.1, 0.15) is 5.75 Å². The molecule has 1 aromatic rings. The van der Waals surface area contributed by atoms with Gasteiger partial charge >= 0.3 is 0 Å². The second-order valence-electron chi connectivity index (χ2n) is 3.78. The predicted molar refractivity (Wildman–Crippen MR) is 69.6 cm³/mol. The molecule has 0 unspecified atom stereocenters. The second kappa shape index (κ2) is 5.88. The number of rotatable bonds is 3. The number of hydrogen-bond donors (Lipinski definition) is 2. The number of benzene rings is 1. The van der Waals surface area contributed by atoms with E-state index in [4.69, 9.17) is 10.6 Å². The molecule has 1 amide bonds. The lowest BCUT2D eigenvalue weighted by atomic mass is 10.2. The van der Waals surface area contributed by atoms with Crippen LogP contribution in [-0.4, -0.2) is 19.1 Å². The highest BCUT2D eigenvalue weighted by molar-refractivity contribution is 5.98. The first-order chi connectivity index (χ1) is 8.17. The van der Waals surface area contributed by atoms with Crippen LogP contribution >= 0.6 is 12.4 Å². The Morgan fingerprint density at radius 2 is 2.28 bits per heavy atom. The fourth-order valence-electron chi connectivity index (χ4n) is 1.80. The number of carbonyl (C=O) groups excluding carboxylic acids is 1. The highest BCUT2D eigenvalue weighted by Gasteiger charge is 2.26. The average Bonchev–Trinajstić information content (AvgIpc) is 2.32. The Morgan fingerprint density at radius 3 is 2.89 bits per heavy atom. The number of ether oxygens (including phenoxy) is 1. The highest BCUT2D eigenvalue weighted by Crippen LogP contribution is 2.36. The Balaban J connectivity index is 0.00000162. The van der Waals surface area contributed by atoms with Gasteiger partial charge in [-0.05, 0) is 12.5 Å². The molecule has 1 aromatic carbocycles. The lowest BCUT2D eigenvalue weighted by molar-refractivity contribution is -0.121. The van der Waals surface area contributed by atoms with E-state index in [1.807, 2.05) is 6.92 Å². The summed E-state index contributed by atoms with van der Waals surface area (Å²) < 4.78 is 18.7. The number of fused-ring (bicyclic) bond motifs is 1. The van der Waals surface area contributed by atoms with Gasteiger partial charge in [0, 0.05) is 12.6 Å². The summed E-state index contributed by atoms with van der Waals surface area (Å²) in [4.78, 5) is 13.3. The van der Waals surface area contributed by atoms with Gasteiger partial charge in [0.25, 0.3) is 5.91 Å². The van der Waals surface area contributed by atoms with Gasteiger partial charge in [-0.1, -0.05) is 6.92 Å². The van der Waals surface area contributed by atoms with Crippen LogP contribution in [0.3, 0.4) is 0 Å². The first-order valence-corrected chi connectivity index (χ1v) is 5.40. The van der Waals surface area contributed by atoms with Crippen LogP contribution in [0.15, 0.2) is 12.1 Å². The van der Waals surface area contributed by atoms with Crippen molar-refractivity contribution in [1.29, 1.82) is 0 Å². The Morgan fingerprint density at radius 1 is 1.56 bits per heavy atom. The fraction of sp³-hybridized carbons (Fsp3) is 0.364. The average molecular weight is 276 g/mol. The zero-order chi connectivity index (χ0) is 12.4. The largest absolute Gasteiger partial charge is 0.481 e. The van der Waals surface area contributed by atoms with Crippen molar-refractivity contribution in [2.24, 2.45) is 5.84 Å². The third kappa shape index (κ3) is 2.49. The van der Waals surface area contributed by atoms with Crippen LogP contribution in [0.1, 0.15) is 13.3 Å². The lowest BCUT2D eigenvalue weighted by Crippen LogP contribution is -2.39. The molecule has 100 valence electrons. The van der Waals surface area contributed by atoms with Gasteiger partial charge in [0.2, 0.25) is 0 Å². The van der Waals surface area contributed by atoms with Gasteiger partial charge in [-0.25, -0.2) is 4.39 Å². The minimum atomic E-state index is -0.503. The maximum Gasteiger partial charge on any atom is 0.265 e. The van der Waals surface area contributed by atoms with E-state index in [-0.39, 0.29) is 30.6 Å². The van der Waals surface area contributed by atoms with Crippen LogP contribution in [0.25, 0.3) is 0 Å². The zero-order valence-electron chi connectivity index (χ0n) is 9.90. The first kappa shape index (κ1) is 14.5. The minimum Gasteiger partial charge on any atom is -0.481 e. The summed E-state index contributed by atoms with van der Waals surface area (Å²) in [6.07, 6.45) is 0.813. The molecule has 0 spiro atoms. The monoisotopic (exact) mass is 275 g/mol. The molecule has 0 bridgehead atoms. The molecule has 0 fully saturated rings. The molecule has 18 heavy (non-hydrogen) atoms. The van der Waals surface area contributed by atoms with E-state index in [2.05, 4.69) is 5.43 Å². The van der Waals surface area contributed by atoms with Crippen molar-refractivity contribution in [2.45, 2.75) is 13.3 Å². The number of nitrogens with two attached hydrogens (primary N) is 1. The zero-order valence-corrected chi connectivity index (χ0v) is 10.7. The Bertz CT molecular complexity index is 456. The molecule has 2 rings (SSSR count). The van der Waals surface area contributed by atoms with Crippen molar-refractivity contribution < 1.29 is 13.9 Å². The fourth-order valence-corrected chi connectivity index (χ4v) is 1.80. The number of nitrogens with zero attached hydrogens (tertiary/aromatic N) is 1. The molecule has 0 radical (unpaired) electrons. The molecule has 5 nitrogen and oxygen atoms in total. The maximum atomic E-state index is 13.5. The molecule has 0 saturated carbocycles. The number of anilines is 2. The lowest BCUT2D eigenvalue weighted by Gasteiger charge is -2.29. The number of carbonyl (C=O) groups is 1. The highest BCUT2D eigenvalue weighted by atomic mass is 35.5. The number of amides is 1. The third-order valence-electron chi connectivity index (χ3n) is 2.59. The molecule has 0 aliphatic carbocycles. The standard InChI is InChI=1S/C11H14FN3O2.ClH/c1-2-3-15-9-5-8(14-13)7(12)4-10(9)17-6-11(15)16;/h4-5,14H,2-3,6,13H2,1H3;1H. The number of hydrogen-bond acceptors (Lipinski definition) is 4. The van der Waals surface area contributed by atoms with Crippen molar-refractivity contribution in [3.05, 3.63) is 17.9 Å². The quantitative estimate of drug-likeness (QED) is 0.650. The van der Waals surface area contributed by atoms with Gasteiger partial charge in [0.05, 0.1) is 11.4 Å². The second-order valence-corrected chi connectivity index (χ2v) is 3.78. The Labute approximate surface area is 110 Å². The maximum absolute atomic E-state index is 13.5. The topological polar surface area (TPSA) is 67.6 Å². The van der Waals surface area contributed by atoms with Crippen molar-refractivity contribution >= 4 is 29.7 Å². The van der Waals surface area contributed by atoms with Gasteiger partial charge in [-0.3, -0.25) is 10.6 Å². The SMILES string of the molecule is CCCN1C(=O)COc2cc(F)c(NN)cc21.Cl. The third-order valence-corrected chi connectivity index (χ3v) is 2.59. The van der Waals surface area contributed by atoms with Crippen LogP contribution in [-0.2, 0) is 4.79 Å². The molecule has 0 atom stereocenters. The van der Waals surface area contributed by atoms with Gasteiger partial charge < -0.3 is 15.1 Å². The van der Waals surface area contributed by atoms with Crippen LogP contribution in [0.4, 0.5) is 15.8 Å². The van der Waals surface area contributed by atoms with E-state index in [0.29, 0.717) is 18.0 Å². The van der Waals surface area contributed by atoms with Crippen LogP contribution < -0.4 is 20.9 Å². The molecule has 3 N–H and O–H groups in total. The van der Waals surface area contributed by atoms with E-state index in [0.717, 1.165) is 6.42 Å². The van der Waals surface area contributed by atoms with Gasteiger partial charge in [-0.15, -0.1) is 12.4 Å². The molecular formula is C11H15ClFN3O2. The normalized spacial score (nSPS) is 13.5. The number of nitrogen functional groups attached to an aromatic ring is 1. The van der Waals surface area contributed by atoms with Crippen LogP contribution in [0.2, 0.25) is 0 Å². The summed E-state index contributed by atoms with van der Waals surface area (Å²) in [7, 11) is 0. The summed E-state index contributed by atoms with van der Waals surface area (Å²) >= 11 is 0. The number of nitrogens with one attached hydrogen (secondary N) is 1. The van der Waals surface area contributed by atoms with Crippen molar-refractivity contribution in [1.82, 2.24) is 0 Å². The Hall–Kier alpha value is -1.53. The van der Waals surface area contributed by atoms with Gasteiger partial charge in [0.15, 0.2) is 12.4 Å². The molecule has 1 aliphatic rings. The van der Waals surface area contributed by atoms with Crippen LogP contribution in [0, 0.1) is 5.82 Å². The Kier molecular flexibility index (Phi) is 4.75. The summed E-state index contributed by atoms with van der Waals surface area (Å²) in [5.41, 5.74) is 2.95. The summed E-state index contributed by atoms with van der Waals surface area (Å²) in [6.45, 7) is 2.49. The van der Waals surface area contributed by atoms with E-state index in [9.17, 15) is 9.18 Å². The van der Waals surface area contributed by atoms with Crippen molar-refractivity contribution in [3.8, 4) is 5.75 Å². The van der Waals surface area contributed by atoms with Gasteiger partial charge in [-0.2, -0.15) is 0 Å². The van der Waals surface area contributed by atoms with E-state index < -0.39 is 5.82 Å². The summed E-state index contributed by atoms with van der Waals surface area (Å²) in [6, 6.07) is 2.72. The van der Waals surface area contributed by atoms with Crippen molar-refractivity contribution in [3.63, 3.8) is 0 Å². The number of halogens is 2. The molecular weight excluding hydrogens is 261 g/mol. The van der Waals surface area contributed by atoms with E-state index >= 15 is 0 Å². The first-order valence-electron chi connectivity index (χ1n) is 5.40. The minimum absolute atomic E-state index is 0. The smallest absolute Gasteiger partial charge is 0.265 e. The molecule has 0 aromatic heterocycles. The summed E-state index contributed by atoms with van der Waals surface area (Å²) in [5.74, 6) is 4.94. The van der Waals surface area contributed by atoms with E-state index in [1.165, 1.54) is 12.1 Å². The summed E-state index contributed by atoms with van der Waals surface area (Å²) in [5, 5.41) is 0. The molecule has 0 saturated heterocycles. The molecule has 1 aliphatic heterocycles. The molecule has 7 heteroatoms. The molecule has 1 heterocycles. The number of hydrazine groups is 1. The predicted octanol–water partition coefficient (Wildman–Crippen LogP) is 1.67. The van der Waals surface area contributed by atoms with Crippen molar-refractivity contribution in [2.75, 3.05) is 23.5 Å². The van der Waals surface area contributed by atoms with E-state index in [1.54, 1.807) is 4.90 Å².